The van der Waals surface area contributed by atoms with Crippen LogP contribution in [0, 0.1) is 46.5 Å². The van der Waals surface area contributed by atoms with Crippen LogP contribution < -0.4 is 0 Å². The fourth-order valence-electron chi connectivity index (χ4n) is 3.09. The Kier molecular flexibility index (Phi) is 4.19. The Morgan fingerprint density at radius 1 is 0.667 bits per heavy atom. The fraction of sp³-hybridized carbons (Fsp3) is 0. The second kappa shape index (κ2) is 6.40. The summed E-state index contributed by atoms with van der Waals surface area (Å²) in [6, 6.07) is -0.226. The summed E-state index contributed by atoms with van der Waals surface area (Å²) in [4.78, 5) is 17.3. The smallest absolute Gasteiger partial charge is 0.280 e. The van der Waals surface area contributed by atoms with Gasteiger partial charge in [-0.15, -0.1) is 0 Å². The van der Waals surface area contributed by atoms with Crippen molar-refractivity contribution in [1.29, 1.82) is 0 Å². The molecule has 1 amide bonds. The monoisotopic (exact) mass is 432 g/mol. The number of aliphatic imine (C=N–C) groups is 1. The van der Waals surface area contributed by atoms with Crippen LogP contribution in [0.2, 0.25) is 0 Å². The maximum absolute atomic E-state index is 14.1. The van der Waals surface area contributed by atoms with Gasteiger partial charge < -0.3 is 10.1 Å². The molecule has 0 aliphatic carbocycles. The molecule has 0 fully saturated rings. The Bertz CT molecular complexity index is 1260. The Morgan fingerprint density at radius 2 is 1.10 bits per heavy atom. The van der Waals surface area contributed by atoms with Crippen molar-refractivity contribution < 1.29 is 45.0 Å². The highest BCUT2D eigenvalue weighted by Gasteiger charge is 2.39. The molecule has 1 aliphatic rings. The molecule has 1 aromatic heterocycles. The van der Waals surface area contributed by atoms with Gasteiger partial charge >= 0.3 is 0 Å². The van der Waals surface area contributed by atoms with E-state index >= 15 is 0 Å². The zero-order chi connectivity index (χ0) is 22.1. The van der Waals surface area contributed by atoms with Gasteiger partial charge in [0.05, 0.1) is 33.7 Å². The van der Waals surface area contributed by atoms with Crippen molar-refractivity contribution in [1.82, 2.24) is 4.98 Å². The first-order valence-corrected chi connectivity index (χ1v) is 7.79. The van der Waals surface area contributed by atoms with Crippen molar-refractivity contribution in [2.24, 2.45) is 4.99 Å². The summed E-state index contributed by atoms with van der Waals surface area (Å²) in [5.74, 6) is -17.9. The van der Waals surface area contributed by atoms with E-state index < -0.39 is 92.0 Å². The average molecular weight is 432 g/mol. The summed E-state index contributed by atoms with van der Waals surface area (Å²) in [5.41, 5.74) is -6.82. The zero-order valence-corrected chi connectivity index (χ0v) is 14.0. The number of aromatic hydroxyl groups is 1. The number of rotatable bonds is 2. The van der Waals surface area contributed by atoms with E-state index in [0.29, 0.717) is 0 Å². The van der Waals surface area contributed by atoms with Crippen LogP contribution in [0.4, 0.5) is 35.1 Å². The number of carbonyl (C=O) groups is 1. The molecule has 4 rings (SSSR count). The topological polar surface area (TPSA) is 65.4 Å². The molecule has 30 heavy (non-hydrogen) atoms. The quantitative estimate of drug-likeness (QED) is 0.463. The predicted molar refractivity (Wildman–Crippen MR) is 84.0 cm³/mol. The Labute approximate surface area is 160 Å². The number of aromatic nitrogens is 1. The minimum Gasteiger partial charge on any atom is -0.494 e. The van der Waals surface area contributed by atoms with E-state index in [4.69, 9.17) is 0 Å². The van der Waals surface area contributed by atoms with Crippen molar-refractivity contribution in [3.8, 4) is 17.1 Å². The summed E-state index contributed by atoms with van der Waals surface area (Å²) >= 11 is 0. The molecule has 154 valence electrons. The van der Waals surface area contributed by atoms with Gasteiger partial charge in [-0.3, -0.25) is 4.79 Å². The van der Waals surface area contributed by atoms with Crippen LogP contribution in [-0.2, 0) is 0 Å². The number of H-pyrrole nitrogens is 1. The van der Waals surface area contributed by atoms with E-state index in [1.54, 1.807) is 0 Å². The Morgan fingerprint density at radius 3 is 1.57 bits per heavy atom. The van der Waals surface area contributed by atoms with Gasteiger partial charge in [0, 0.05) is 12.1 Å². The highest BCUT2D eigenvalue weighted by atomic mass is 19.2. The van der Waals surface area contributed by atoms with Gasteiger partial charge in [-0.25, -0.2) is 40.1 Å². The van der Waals surface area contributed by atoms with Crippen LogP contribution in [0.3, 0.4) is 0 Å². The highest BCUT2D eigenvalue weighted by Crippen LogP contribution is 2.41. The molecule has 0 unspecified atom stereocenters. The van der Waals surface area contributed by atoms with Crippen molar-refractivity contribution in [2.75, 3.05) is 0 Å². The molecule has 0 radical (unpaired) electrons. The van der Waals surface area contributed by atoms with Crippen LogP contribution in [0.1, 0.15) is 21.5 Å². The lowest BCUT2D eigenvalue weighted by Gasteiger charge is -2.07. The number of halogens is 8. The van der Waals surface area contributed by atoms with E-state index in [1.807, 2.05) is 4.98 Å². The van der Waals surface area contributed by atoms with E-state index in [9.17, 15) is 45.0 Å². The van der Waals surface area contributed by atoms with Crippen molar-refractivity contribution in [3.05, 3.63) is 75.4 Å². The lowest BCUT2D eigenvalue weighted by molar-refractivity contribution is 0.101. The Hall–Kier alpha value is -3.70. The molecular weight excluding hydrogens is 428 g/mol. The minimum atomic E-state index is -1.97. The molecule has 2 N–H and O–H groups in total. The van der Waals surface area contributed by atoms with E-state index in [1.165, 1.54) is 0 Å². The van der Waals surface area contributed by atoms with Crippen molar-refractivity contribution in [3.63, 3.8) is 0 Å². The first-order valence-electron chi connectivity index (χ1n) is 7.79. The molecule has 2 heterocycles. The maximum Gasteiger partial charge on any atom is 0.280 e. The second-order valence-corrected chi connectivity index (χ2v) is 6.05. The fourth-order valence-corrected chi connectivity index (χ4v) is 3.09. The third-order valence-corrected chi connectivity index (χ3v) is 4.35. The summed E-state index contributed by atoms with van der Waals surface area (Å²) in [5, 5.41) is 10.1. The SMILES string of the molecule is O=C1N=C(c2c(F)c(F)cc(F)c2F)c2c(O)[nH]c(-c3c(F)c(F)cc(F)c3F)c21. The van der Waals surface area contributed by atoms with Gasteiger partial charge in [-0.1, -0.05) is 0 Å². The molecule has 0 atom stereocenters. The number of amides is 1. The molecule has 4 nitrogen and oxygen atoms in total. The van der Waals surface area contributed by atoms with Gasteiger partial charge in [-0.2, -0.15) is 0 Å². The van der Waals surface area contributed by atoms with E-state index in [-0.39, 0.29) is 12.1 Å². The van der Waals surface area contributed by atoms with Crippen LogP contribution in [0.25, 0.3) is 11.3 Å². The number of benzene rings is 2. The average Bonchev–Trinajstić information content (AvgIpc) is 3.18. The number of nitrogens with one attached hydrogen (secondary N) is 1. The zero-order valence-electron chi connectivity index (χ0n) is 14.0. The van der Waals surface area contributed by atoms with Gasteiger partial charge in [0.15, 0.2) is 52.4 Å². The summed E-state index contributed by atoms with van der Waals surface area (Å²) in [6.07, 6.45) is 0. The molecule has 2 aromatic carbocycles. The number of nitrogens with zero attached hydrogens (tertiary/aromatic N) is 1. The molecule has 1 aliphatic heterocycles. The van der Waals surface area contributed by atoms with Crippen molar-refractivity contribution >= 4 is 11.6 Å². The van der Waals surface area contributed by atoms with Crippen LogP contribution in [0.15, 0.2) is 17.1 Å². The largest absolute Gasteiger partial charge is 0.494 e. The molecule has 0 saturated carbocycles. The molecule has 12 heteroatoms. The normalized spacial score (nSPS) is 13.1. The summed E-state index contributed by atoms with van der Waals surface area (Å²) in [6.45, 7) is 0. The third kappa shape index (κ3) is 2.52. The number of carbonyl (C=O) groups excluding carboxylic acids is 1. The molecule has 0 saturated heterocycles. The summed E-state index contributed by atoms with van der Waals surface area (Å²) in [7, 11) is 0. The Balaban J connectivity index is 2.03. The lowest BCUT2D eigenvalue weighted by Crippen LogP contribution is -2.10. The molecule has 0 spiro atoms. The van der Waals surface area contributed by atoms with Crippen LogP contribution >= 0.6 is 0 Å². The van der Waals surface area contributed by atoms with Crippen LogP contribution in [-0.4, -0.2) is 21.7 Å². The summed E-state index contributed by atoms with van der Waals surface area (Å²) < 4.78 is 111. The van der Waals surface area contributed by atoms with Gasteiger partial charge in [0.2, 0.25) is 0 Å². The number of hydrogen-bond donors (Lipinski definition) is 2. The number of aromatic amines is 1. The number of fused-ring (bicyclic) bond motifs is 1. The first-order chi connectivity index (χ1) is 14.0. The minimum absolute atomic E-state index is 0.110. The van der Waals surface area contributed by atoms with E-state index in [0.717, 1.165) is 0 Å². The number of hydrogen-bond acceptors (Lipinski definition) is 2. The predicted octanol–water partition coefficient (Wildman–Crippen LogP) is 4.49. The molecular formula is C18H4F8N2O2. The van der Waals surface area contributed by atoms with Crippen molar-refractivity contribution in [2.45, 2.75) is 0 Å². The maximum atomic E-state index is 14.1. The van der Waals surface area contributed by atoms with Gasteiger partial charge in [-0.05, 0) is 0 Å². The second-order valence-electron chi connectivity index (χ2n) is 6.05. The van der Waals surface area contributed by atoms with Gasteiger partial charge in [0.1, 0.15) is 0 Å². The third-order valence-electron chi connectivity index (χ3n) is 4.35. The first kappa shape index (κ1) is 19.6. The van der Waals surface area contributed by atoms with E-state index in [2.05, 4.69) is 4.99 Å². The lowest BCUT2D eigenvalue weighted by atomic mass is 9.98. The van der Waals surface area contributed by atoms with Crippen LogP contribution in [0.5, 0.6) is 5.88 Å². The van der Waals surface area contributed by atoms with Gasteiger partial charge in [0.25, 0.3) is 5.91 Å². The molecule has 3 aromatic rings. The molecule has 0 bridgehead atoms. The standard InChI is InChI=1S/C18H4F8N2O2/c19-3-1-4(20)12(24)9(11(3)23)15-7-8(18(30)27-15)16(28-17(7)29)10-13(25)5(21)2-6(22)14(10)26/h1-2,27,30H. The highest BCUT2D eigenvalue weighted by molar-refractivity contribution is 6.30.